The number of hydrogen-bond acceptors (Lipinski definition) is 3. The second-order valence-electron chi connectivity index (χ2n) is 3.43. The van der Waals surface area contributed by atoms with Gasteiger partial charge in [0.2, 0.25) is 0 Å². The van der Waals surface area contributed by atoms with Gasteiger partial charge in [-0.1, -0.05) is 19.3 Å². The molecular weight excluding hydrogens is 190 g/mol. The van der Waals surface area contributed by atoms with E-state index in [1.54, 1.807) is 7.05 Å². The van der Waals surface area contributed by atoms with Gasteiger partial charge in [0.25, 0.3) is 10.2 Å². The summed E-state index contributed by atoms with van der Waals surface area (Å²) < 4.78 is 23.9. The summed E-state index contributed by atoms with van der Waals surface area (Å²) >= 11 is 0. The normalized spacial score (nSPS) is 20.8. The highest BCUT2D eigenvalue weighted by Crippen LogP contribution is 2.22. The van der Waals surface area contributed by atoms with Gasteiger partial charge in [0.15, 0.2) is 0 Å². The summed E-state index contributed by atoms with van der Waals surface area (Å²) in [6.45, 7) is 0. The number of nitrogens with one attached hydrogen (secondary N) is 1. The molecule has 13 heavy (non-hydrogen) atoms. The van der Waals surface area contributed by atoms with Crippen molar-refractivity contribution in [3.63, 3.8) is 0 Å². The minimum absolute atomic E-state index is 0.120. The molecule has 0 spiro atoms. The van der Waals surface area contributed by atoms with Crippen molar-refractivity contribution >= 4 is 10.2 Å². The van der Waals surface area contributed by atoms with E-state index in [1.165, 1.54) is 10.7 Å². The van der Waals surface area contributed by atoms with Crippen molar-refractivity contribution in [2.75, 3.05) is 7.05 Å². The van der Waals surface area contributed by atoms with Crippen LogP contribution in [0.1, 0.15) is 32.1 Å². The Labute approximate surface area is 79.4 Å². The van der Waals surface area contributed by atoms with E-state index >= 15 is 0 Å². The van der Waals surface area contributed by atoms with Crippen molar-refractivity contribution in [2.24, 2.45) is 5.84 Å². The fraction of sp³-hybridized carbons (Fsp3) is 1.00. The number of nitrogens with zero attached hydrogens (tertiary/aromatic N) is 1. The lowest BCUT2D eigenvalue weighted by molar-refractivity contribution is 0.283. The molecule has 1 rings (SSSR count). The molecule has 1 fully saturated rings. The SMILES string of the molecule is CN(C1CCCCC1)S(=O)(=O)NN. The van der Waals surface area contributed by atoms with Gasteiger partial charge in [-0.25, -0.2) is 0 Å². The van der Waals surface area contributed by atoms with Crippen LogP contribution >= 0.6 is 0 Å². The molecule has 1 aliphatic carbocycles. The molecule has 0 bridgehead atoms. The number of rotatable bonds is 3. The zero-order valence-electron chi connectivity index (χ0n) is 7.86. The van der Waals surface area contributed by atoms with Crippen LogP contribution in [0.25, 0.3) is 0 Å². The molecule has 0 heterocycles. The van der Waals surface area contributed by atoms with E-state index < -0.39 is 10.2 Å². The van der Waals surface area contributed by atoms with Crippen LogP contribution in [-0.2, 0) is 10.2 Å². The molecule has 1 saturated carbocycles. The second kappa shape index (κ2) is 4.36. The molecule has 78 valence electrons. The van der Waals surface area contributed by atoms with Crippen molar-refractivity contribution in [3.8, 4) is 0 Å². The molecule has 0 aliphatic heterocycles. The molecule has 0 saturated heterocycles. The predicted molar refractivity (Wildman–Crippen MR) is 50.9 cm³/mol. The Kier molecular flexibility index (Phi) is 3.66. The van der Waals surface area contributed by atoms with Crippen LogP contribution in [0.2, 0.25) is 0 Å². The lowest BCUT2D eigenvalue weighted by Crippen LogP contribution is -2.47. The summed E-state index contributed by atoms with van der Waals surface area (Å²) in [6, 6.07) is 0.120. The molecule has 0 radical (unpaired) electrons. The van der Waals surface area contributed by atoms with E-state index in [9.17, 15) is 8.42 Å². The summed E-state index contributed by atoms with van der Waals surface area (Å²) in [4.78, 5) is 1.84. The average Bonchev–Trinajstić information content (AvgIpc) is 2.18. The van der Waals surface area contributed by atoms with Gasteiger partial charge >= 0.3 is 0 Å². The maximum Gasteiger partial charge on any atom is 0.292 e. The Morgan fingerprint density at radius 1 is 1.31 bits per heavy atom. The summed E-state index contributed by atoms with van der Waals surface area (Å²) in [7, 11) is -1.86. The van der Waals surface area contributed by atoms with Crippen molar-refractivity contribution in [2.45, 2.75) is 38.1 Å². The fourth-order valence-electron chi connectivity index (χ4n) is 1.72. The van der Waals surface area contributed by atoms with E-state index in [2.05, 4.69) is 0 Å². The van der Waals surface area contributed by atoms with Gasteiger partial charge < -0.3 is 0 Å². The van der Waals surface area contributed by atoms with E-state index in [-0.39, 0.29) is 6.04 Å². The minimum atomic E-state index is -3.44. The number of nitrogens with two attached hydrogens (primary N) is 1. The van der Waals surface area contributed by atoms with Crippen LogP contribution in [0.4, 0.5) is 0 Å². The number of hydrogen-bond donors (Lipinski definition) is 2. The molecule has 6 heteroatoms. The van der Waals surface area contributed by atoms with Gasteiger partial charge in [-0.3, -0.25) is 5.84 Å². The van der Waals surface area contributed by atoms with E-state index in [1.807, 2.05) is 4.83 Å². The molecule has 0 unspecified atom stereocenters. The summed E-state index contributed by atoms with van der Waals surface area (Å²) in [5, 5.41) is 0. The highest BCUT2D eigenvalue weighted by atomic mass is 32.2. The van der Waals surface area contributed by atoms with Crippen molar-refractivity contribution in [3.05, 3.63) is 0 Å². The highest BCUT2D eigenvalue weighted by molar-refractivity contribution is 7.87. The van der Waals surface area contributed by atoms with Gasteiger partial charge in [0.05, 0.1) is 0 Å². The van der Waals surface area contributed by atoms with Gasteiger partial charge in [0, 0.05) is 13.1 Å². The zero-order valence-corrected chi connectivity index (χ0v) is 8.68. The Hall–Kier alpha value is -0.170. The third-order valence-corrected chi connectivity index (χ3v) is 3.97. The quantitative estimate of drug-likeness (QED) is 0.503. The van der Waals surface area contributed by atoms with Crippen LogP contribution < -0.4 is 10.7 Å². The molecule has 0 atom stereocenters. The molecule has 0 amide bonds. The molecule has 0 aromatic rings. The lowest BCUT2D eigenvalue weighted by atomic mass is 9.96. The smallest absolute Gasteiger partial charge is 0.257 e. The monoisotopic (exact) mass is 207 g/mol. The van der Waals surface area contributed by atoms with Gasteiger partial charge in [0.1, 0.15) is 0 Å². The van der Waals surface area contributed by atoms with Gasteiger partial charge in [-0.15, -0.1) is 4.83 Å². The van der Waals surface area contributed by atoms with E-state index in [0.717, 1.165) is 25.7 Å². The third-order valence-electron chi connectivity index (χ3n) is 2.62. The Balaban J connectivity index is 2.60. The van der Waals surface area contributed by atoms with E-state index in [4.69, 9.17) is 5.84 Å². The standard InChI is InChI=1S/C7H17N3O2S/c1-10(13(11,12)9-8)7-5-3-2-4-6-7/h7,9H,2-6,8H2,1H3. The van der Waals surface area contributed by atoms with Gasteiger partial charge in [-0.2, -0.15) is 12.7 Å². The first-order valence-corrected chi connectivity index (χ1v) is 5.97. The van der Waals surface area contributed by atoms with Crippen molar-refractivity contribution in [1.82, 2.24) is 9.14 Å². The first-order valence-electron chi connectivity index (χ1n) is 4.53. The van der Waals surface area contributed by atoms with Crippen LogP contribution in [0.5, 0.6) is 0 Å². The average molecular weight is 207 g/mol. The first-order chi connectivity index (χ1) is 6.08. The van der Waals surface area contributed by atoms with Crippen molar-refractivity contribution in [1.29, 1.82) is 0 Å². The van der Waals surface area contributed by atoms with E-state index in [0.29, 0.717) is 0 Å². The number of hydrazine groups is 1. The molecule has 0 aromatic carbocycles. The molecule has 0 aromatic heterocycles. The Bertz CT molecular complexity index is 246. The van der Waals surface area contributed by atoms with Crippen LogP contribution in [-0.4, -0.2) is 25.8 Å². The third kappa shape index (κ3) is 2.63. The Morgan fingerprint density at radius 2 is 1.85 bits per heavy atom. The predicted octanol–water partition coefficient (Wildman–Crippen LogP) is -0.0410. The highest BCUT2D eigenvalue weighted by Gasteiger charge is 2.26. The molecule has 5 nitrogen and oxygen atoms in total. The maximum atomic E-state index is 11.3. The largest absolute Gasteiger partial charge is 0.292 e. The maximum absolute atomic E-state index is 11.3. The fourth-order valence-corrected chi connectivity index (χ4v) is 2.49. The molecular formula is C7H17N3O2S. The topological polar surface area (TPSA) is 75.4 Å². The van der Waals surface area contributed by atoms with Crippen molar-refractivity contribution < 1.29 is 8.42 Å². The van der Waals surface area contributed by atoms with Crippen LogP contribution in [0.15, 0.2) is 0 Å². The second-order valence-corrected chi connectivity index (χ2v) is 5.19. The lowest BCUT2D eigenvalue weighted by Gasteiger charge is -2.29. The molecule has 3 N–H and O–H groups in total. The van der Waals surface area contributed by atoms with Crippen LogP contribution in [0, 0.1) is 0 Å². The van der Waals surface area contributed by atoms with Gasteiger partial charge in [-0.05, 0) is 12.8 Å². The Morgan fingerprint density at radius 3 is 2.31 bits per heavy atom. The summed E-state index contributed by atoms with van der Waals surface area (Å²) in [5.74, 6) is 4.93. The summed E-state index contributed by atoms with van der Waals surface area (Å²) in [5.41, 5.74) is 0. The first kappa shape index (κ1) is 10.9. The molecule has 1 aliphatic rings. The minimum Gasteiger partial charge on any atom is -0.257 e. The van der Waals surface area contributed by atoms with Crippen LogP contribution in [0.3, 0.4) is 0 Å². The zero-order chi connectivity index (χ0) is 9.90. The summed E-state index contributed by atoms with van der Waals surface area (Å²) in [6.07, 6.45) is 5.31.